The molecule has 0 bridgehead atoms. The normalized spacial score (nSPS) is 35.0. The molecule has 22 nitrogen and oxygen atoms in total. The molecular weight excluding hydrogens is 634 g/mol. The summed E-state index contributed by atoms with van der Waals surface area (Å²) in [6, 6.07) is 0. The second kappa shape index (κ2) is 10.7. The molecular formula is C20H24N10O12P2. The Balaban J connectivity index is 1.07. The molecule has 0 radical (unpaired) electrons. The van der Waals surface area contributed by atoms with E-state index in [0.717, 1.165) is 0 Å². The number of phosphoric acid groups is 2. The van der Waals surface area contributed by atoms with E-state index in [1.165, 1.54) is 34.4 Å². The van der Waals surface area contributed by atoms with Crippen molar-refractivity contribution in [1.29, 1.82) is 0 Å². The first-order chi connectivity index (χ1) is 21.0. The number of phosphoric ester groups is 2. The van der Waals surface area contributed by atoms with Gasteiger partial charge in [-0.25, -0.2) is 39.0 Å². The Kier molecular flexibility index (Phi) is 7.16. The predicted molar refractivity (Wildman–Crippen MR) is 141 cm³/mol. The van der Waals surface area contributed by atoms with Gasteiger partial charge in [0.2, 0.25) is 0 Å². The number of ether oxygens (including phenoxy) is 2. The third-order valence-electron chi connectivity index (χ3n) is 7.26. The number of nitrogens with zero attached hydrogens (tertiary/aromatic N) is 8. The molecule has 8 N–H and O–H groups in total. The number of aliphatic hydroxyl groups is 2. The van der Waals surface area contributed by atoms with Crippen LogP contribution in [-0.2, 0) is 36.7 Å². The molecule has 3 fully saturated rings. The van der Waals surface area contributed by atoms with Crippen molar-refractivity contribution in [2.75, 3.05) is 24.7 Å². The number of aliphatic hydroxyl groups excluding tert-OH is 2. The van der Waals surface area contributed by atoms with Gasteiger partial charge in [-0.2, -0.15) is 0 Å². The van der Waals surface area contributed by atoms with Gasteiger partial charge in [0.1, 0.15) is 60.3 Å². The largest absolute Gasteiger partial charge is 0.473 e. The molecule has 10 atom stereocenters. The Hall–Kier alpha value is -3.24. The number of nitrogens with two attached hydrogens (primary N) is 2. The number of rotatable bonds is 8. The van der Waals surface area contributed by atoms with Crippen LogP contribution in [0, 0.1) is 0 Å². The van der Waals surface area contributed by atoms with Crippen LogP contribution < -0.4 is 11.5 Å². The summed E-state index contributed by atoms with van der Waals surface area (Å²) in [4.78, 5) is 44.7. The van der Waals surface area contributed by atoms with E-state index in [1.807, 2.05) is 0 Å². The quantitative estimate of drug-likeness (QED) is 0.116. The molecule has 0 saturated carbocycles. The lowest BCUT2D eigenvalue weighted by atomic mass is 10.1. The monoisotopic (exact) mass is 658 g/mol. The molecule has 7 rings (SSSR count). The molecule has 44 heavy (non-hydrogen) atoms. The maximum atomic E-state index is 13.1. The van der Waals surface area contributed by atoms with Gasteiger partial charge in [0.15, 0.2) is 35.4 Å². The highest BCUT2D eigenvalue weighted by Gasteiger charge is 2.58. The Morgan fingerprint density at radius 2 is 1.48 bits per heavy atom. The minimum absolute atomic E-state index is 0.0763. The minimum Gasteiger partial charge on any atom is -0.394 e. The molecule has 3 aliphatic heterocycles. The van der Waals surface area contributed by atoms with Gasteiger partial charge in [0.25, 0.3) is 0 Å². The van der Waals surface area contributed by atoms with Crippen molar-refractivity contribution in [1.82, 2.24) is 39.0 Å². The lowest BCUT2D eigenvalue weighted by molar-refractivity contribution is -0.0642. The highest BCUT2D eigenvalue weighted by molar-refractivity contribution is 7.47. The van der Waals surface area contributed by atoms with Gasteiger partial charge < -0.3 is 40.9 Å². The number of nitrogen functional groups attached to an aromatic ring is 2. The summed E-state index contributed by atoms with van der Waals surface area (Å²) in [6.45, 7) is -1.40. The molecule has 3 aliphatic rings. The summed E-state index contributed by atoms with van der Waals surface area (Å²) >= 11 is 0. The third-order valence-corrected chi connectivity index (χ3v) is 9.27. The third kappa shape index (κ3) is 4.94. The van der Waals surface area contributed by atoms with Crippen molar-refractivity contribution < 1.29 is 56.7 Å². The first kappa shape index (κ1) is 29.5. The van der Waals surface area contributed by atoms with Crippen LogP contribution in [0.25, 0.3) is 22.3 Å². The van der Waals surface area contributed by atoms with Crippen LogP contribution in [0.2, 0.25) is 0 Å². The molecule has 236 valence electrons. The van der Waals surface area contributed by atoms with Gasteiger partial charge in [-0.15, -0.1) is 0 Å². The van der Waals surface area contributed by atoms with Crippen LogP contribution in [0.15, 0.2) is 25.3 Å². The minimum atomic E-state index is -5.02. The first-order valence-corrected chi connectivity index (χ1v) is 15.8. The standard InChI is InChI=1S/C20H24N10O12P2/c21-15-9-17(25-3-23-15)29(5-27-9)19-11(32)12(7(1-31)38-19)40-43(33,34)37-2-8-13-14(42-44(35,36)41-13)20(39-8)30-6-28-10-16(22)24-4-26-18(10)30/h3-8,11-14,19-20,31-32H,1-2H2,(H,33,34)(H,35,36)(H2,21,23,25)(H2,22,24,26)/t7-,8-,11-,12-,13-,14-,19-,20-/m1/s1. The Bertz CT molecular complexity index is 1820. The van der Waals surface area contributed by atoms with Gasteiger partial charge in [-0.3, -0.25) is 27.2 Å². The molecule has 7 heterocycles. The van der Waals surface area contributed by atoms with Crippen molar-refractivity contribution in [3.63, 3.8) is 0 Å². The van der Waals surface area contributed by atoms with Crippen LogP contribution in [0.5, 0.6) is 0 Å². The predicted octanol–water partition coefficient (Wildman–Crippen LogP) is -1.63. The van der Waals surface area contributed by atoms with E-state index in [4.69, 9.17) is 39.0 Å². The molecule has 3 saturated heterocycles. The summed E-state index contributed by atoms with van der Waals surface area (Å²) < 4.78 is 60.4. The van der Waals surface area contributed by atoms with E-state index < -0.39 is 77.9 Å². The molecule has 0 amide bonds. The number of hydrogen-bond acceptors (Lipinski definition) is 18. The van der Waals surface area contributed by atoms with Gasteiger partial charge in [-0.1, -0.05) is 0 Å². The van der Waals surface area contributed by atoms with Gasteiger partial charge >= 0.3 is 15.6 Å². The fourth-order valence-corrected chi connectivity index (χ4v) is 7.44. The molecule has 0 aromatic carbocycles. The Morgan fingerprint density at radius 3 is 2.09 bits per heavy atom. The maximum Gasteiger partial charge on any atom is 0.473 e. The molecule has 4 aromatic heterocycles. The zero-order chi connectivity index (χ0) is 31.0. The lowest BCUT2D eigenvalue weighted by Gasteiger charge is -2.24. The van der Waals surface area contributed by atoms with Gasteiger partial charge in [0, 0.05) is 0 Å². The van der Waals surface area contributed by atoms with Crippen molar-refractivity contribution in [3.8, 4) is 0 Å². The lowest BCUT2D eigenvalue weighted by Crippen LogP contribution is -2.36. The van der Waals surface area contributed by atoms with Crippen molar-refractivity contribution in [2.24, 2.45) is 0 Å². The second-order valence-corrected chi connectivity index (χ2v) is 12.7. The number of anilines is 2. The Morgan fingerprint density at radius 1 is 0.909 bits per heavy atom. The molecule has 2 unspecified atom stereocenters. The summed E-state index contributed by atoms with van der Waals surface area (Å²) in [6.07, 6.45) is -5.53. The number of hydrogen-bond donors (Lipinski definition) is 6. The van der Waals surface area contributed by atoms with Crippen molar-refractivity contribution in [2.45, 2.75) is 49.1 Å². The van der Waals surface area contributed by atoms with E-state index in [-0.39, 0.29) is 34.0 Å². The van der Waals surface area contributed by atoms with Crippen LogP contribution in [0.1, 0.15) is 12.5 Å². The molecule has 0 aliphatic carbocycles. The number of aromatic nitrogens is 8. The summed E-state index contributed by atoms with van der Waals surface area (Å²) in [7, 11) is -9.54. The van der Waals surface area contributed by atoms with Crippen LogP contribution in [-0.4, -0.2) is 109 Å². The van der Waals surface area contributed by atoms with Crippen LogP contribution in [0.3, 0.4) is 0 Å². The highest BCUT2D eigenvalue weighted by atomic mass is 31.2. The maximum absolute atomic E-state index is 13.1. The molecule has 24 heteroatoms. The first-order valence-electron chi connectivity index (χ1n) is 12.8. The number of imidazole rings is 2. The SMILES string of the molecule is Nc1ncnc2c1ncn2[C@@H]1O[C@H](CO)[C@@H](OP(=O)(O)OC[C@H]2O[C@@H](n3cnc4c(N)ncnc43)[C@@H]3OP(=O)(O)O[C@@H]32)[C@H]1O. The second-order valence-electron chi connectivity index (χ2n) is 9.91. The Labute approximate surface area is 244 Å². The average molecular weight is 658 g/mol. The zero-order valence-electron chi connectivity index (χ0n) is 22.0. The molecule has 4 aromatic rings. The van der Waals surface area contributed by atoms with E-state index in [2.05, 4.69) is 29.9 Å². The van der Waals surface area contributed by atoms with Crippen LogP contribution >= 0.6 is 15.6 Å². The smallest absolute Gasteiger partial charge is 0.394 e. The summed E-state index contributed by atoms with van der Waals surface area (Å²) in [5, 5.41) is 20.9. The topological polar surface area (TPSA) is 310 Å². The van der Waals surface area contributed by atoms with E-state index in [1.54, 1.807) is 0 Å². The van der Waals surface area contributed by atoms with Crippen LogP contribution in [0.4, 0.5) is 11.6 Å². The van der Waals surface area contributed by atoms with Crippen molar-refractivity contribution in [3.05, 3.63) is 25.3 Å². The van der Waals surface area contributed by atoms with E-state index in [0.29, 0.717) is 0 Å². The molecule has 0 spiro atoms. The van der Waals surface area contributed by atoms with Gasteiger partial charge in [-0.05, 0) is 0 Å². The van der Waals surface area contributed by atoms with Crippen molar-refractivity contribution >= 4 is 49.6 Å². The fourth-order valence-electron chi connectivity index (χ4n) is 5.33. The highest BCUT2D eigenvalue weighted by Crippen LogP contribution is 2.59. The van der Waals surface area contributed by atoms with E-state index in [9.17, 15) is 29.1 Å². The average Bonchev–Trinajstić information content (AvgIpc) is 3.77. The van der Waals surface area contributed by atoms with E-state index >= 15 is 0 Å². The summed E-state index contributed by atoms with van der Waals surface area (Å²) in [5.74, 6) is 0.158. The number of fused-ring (bicyclic) bond motifs is 3. The zero-order valence-corrected chi connectivity index (χ0v) is 23.8. The van der Waals surface area contributed by atoms with Gasteiger partial charge in [0.05, 0.1) is 25.9 Å². The summed E-state index contributed by atoms with van der Waals surface area (Å²) in [5.41, 5.74) is 12.5. The fraction of sp³-hybridized carbons (Fsp3) is 0.500.